The molecule has 0 spiro atoms. The van der Waals surface area contributed by atoms with Crippen LogP contribution in [0, 0.1) is 13.8 Å². The summed E-state index contributed by atoms with van der Waals surface area (Å²) in [6.07, 6.45) is 2.69. The van der Waals surface area contributed by atoms with Gasteiger partial charge in [0.05, 0.1) is 11.9 Å². The van der Waals surface area contributed by atoms with E-state index in [-0.39, 0.29) is 5.91 Å². The SMILES string of the molecule is Cc1n[nH]c(C)c1CCC(=O)NN=Cc1ccccc1. The van der Waals surface area contributed by atoms with E-state index in [1.807, 2.05) is 44.2 Å². The summed E-state index contributed by atoms with van der Waals surface area (Å²) in [5.41, 5.74) is 6.55. The van der Waals surface area contributed by atoms with E-state index in [1.165, 1.54) is 0 Å². The van der Waals surface area contributed by atoms with E-state index in [9.17, 15) is 4.79 Å². The molecule has 20 heavy (non-hydrogen) atoms. The first-order valence-electron chi connectivity index (χ1n) is 6.54. The number of nitrogens with zero attached hydrogens (tertiary/aromatic N) is 2. The molecular weight excluding hydrogens is 252 g/mol. The fraction of sp³-hybridized carbons (Fsp3) is 0.267. The molecule has 5 heteroatoms. The molecule has 0 saturated heterocycles. The smallest absolute Gasteiger partial charge is 0.240 e. The fourth-order valence-corrected chi connectivity index (χ4v) is 1.95. The normalized spacial score (nSPS) is 10.9. The lowest BCUT2D eigenvalue weighted by molar-refractivity contribution is -0.121. The summed E-state index contributed by atoms with van der Waals surface area (Å²) in [4.78, 5) is 11.7. The van der Waals surface area contributed by atoms with Crippen LogP contribution in [0.15, 0.2) is 35.4 Å². The minimum Gasteiger partial charge on any atom is -0.282 e. The van der Waals surface area contributed by atoms with Crippen LogP contribution >= 0.6 is 0 Å². The van der Waals surface area contributed by atoms with Gasteiger partial charge in [-0.05, 0) is 31.4 Å². The zero-order chi connectivity index (χ0) is 14.4. The maximum atomic E-state index is 11.7. The Morgan fingerprint density at radius 3 is 2.75 bits per heavy atom. The van der Waals surface area contributed by atoms with Crippen LogP contribution in [0.4, 0.5) is 0 Å². The van der Waals surface area contributed by atoms with Crippen molar-refractivity contribution < 1.29 is 4.79 Å². The standard InChI is InChI=1S/C15H18N4O/c1-11-14(12(2)18-17-11)8-9-15(20)19-16-10-13-6-4-3-5-7-13/h3-7,10H,8-9H2,1-2H3,(H,17,18)(H,19,20). The highest BCUT2D eigenvalue weighted by Gasteiger charge is 2.08. The van der Waals surface area contributed by atoms with Gasteiger partial charge in [0, 0.05) is 12.1 Å². The Kier molecular flexibility index (Phi) is 4.65. The molecule has 104 valence electrons. The lowest BCUT2D eigenvalue weighted by atomic mass is 10.1. The van der Waals surface area contributed by atoms with E-state index in [0.717, 1.165) is 22.5 Å². The molecule has 1 amide bonds. The van der Waals surface area contributed by atoms with Crippen LogP contribution in [0.25, 0.3) is 0 Å². The van der Waals surface area contributed by atoms with Crippen LogP contribution in [0.1, 0.15) is 28.9 Å². The fourth-order valence-electron chi connectivity index (χ4n) is 1.95. The average molecular weight is 270 g/mol. The van der Waals surface area contributed by atoms with Gasteiger partial charge < -0.3 is 0 Å². The highest BCUT2D eigenvalue weighted by atomic mass is 16.2. The molecule has 0 bridgehead atoms. The van der Waals surface area contributed by atoms with Crippen molar-refractivity contribution in [1.29, 1.82) is 0 Å². The molecule has 2 rings (SSSR count). The monoisotopic (exact) mass is 270 g/mol. The summed E-state index contributed by atoms with van der Waals surface area (Å²) in [5.74, 6) is -0.0998. The maximum absolute atomic E-state index is 11.7. The number of aromatic amines is 1. The molecule has 0 saturated carbocycles. The van der Waals surface area contributed by atoms with E-state index in [1.54, 1.807) is 6.21 Å². The molecule has 2 aromatic rings. The highest BCUT2D eigenvalue weighted by molar-refractivity contribution is 5.82. The third kappa shape index (κ3) is 3.78. The van der Waals surface area contributed by atoms with Crippen molar-refractivity contribution >= 4 is 12.1 Å². The third-order valence-corrected chi connectivity index (χ3v) is 3.09. The Morgan fingerprint density at radius 1 is 1.35 bits per heavy atom. The number of aromatic nitrogens is 2. The number of H-pyrrole nitrogens is 1. The minimum absolute atomic E-state index is 0.0998. The van der Waals surface area contributed by atoms with Crippen LogP contribution in [0.3, 0.4) is 0 Å². The zero-order valence-corrected chi connectivity index (χ0v) is 11.7. The Labute approximate surface area is 118 Å². The Morgan fingerprint density at radius 2 is 2.10 bits per heavy atom. The Bertz CT molecular complexity index is 582. The van der Waals surface area contributed by atoms with Crippen LogP contribution < -0.4 is 5.43 Å². The van der Waals surface area contributed by atoms with Crippen molar-refractivity contribution in [1.82, 2.24) is 15.6 Å². The average Bonchev–Trinajstić information content (AvgIpc) is 2.77. The molecule has 0 aliphatic carbocycles. The number of carbonyl (C=O) groups is 1. The quantitative estimate of drug-likeness (QED) is 0.645. The first kappa shape index (κ1) is 14.0. The zero-order valence-electron chi connectivity index (χ0n) is 11.7. The number of nitrogens with one attached hydrogen (secondary N) is 2. The predicted molar refractivity (Wildman–Crippen MR) is 78.6 cm³/mol. The molecule has 1 aromatic heterocycles. The van der Waals surface area contributed by atoms with E-state index in [0.29, 0.717) is 12.8 Å². The van der Waals surface area contributed by atoms with Gasteiger partial charge in [0.2, 0.25) is 5.91 Å². The van der Waals surface area contributed by atoms with Gasteiger partial charge >= 0.3 is 0 Å². The number of benzene rings is 1. The molecule has 0 fully saturated rings. The summed E-state index contributed by atoms with van der Waals surface area (Å²) in [7, 11) is 0. The Hall–Kier alpha value is -2.43. The van der Waals surface area contributed by atoms with E-state index in [2.05, 4.69) is 20.7 Å². The lowest BCUT2D eigenvalue weighted by Crippen LogP contribution is -2.18. The van der Waals surface area contributed by atoms with Gasteiger partial charge in [-0.2, -0.15) is 10.2 Å². The molecule has 0 unspecified atom stereocenters. The number of hydrazone groups is 1. The highest BCUT2D eigenvalue weighted by Crippen LogP contribution is 2.11. The topological polar surface area (TPSA) is 70.1 Å². The van der Waals surface area contributed by atoms with Gasteiger partial charge in [0.25, 0.3) is 0 Å². The van der Waals surface area contributed by atoms with Crippen molar-refractivity contribution in [2.75, 3.05) is 0 Å². The van der Waals surface area contributed by atoms with E-state index < -0.39 is 0 Å². The van der Waals surface area contributed by atoms with Crippen molar-refractivity contribution in [3.63, 3.8) is 0 Å². The summed E-state index contributed by atoms with van der Waals surface area (Å²) < 4.78 is 0. The van der Waals surface area contributed by atoms with Gasteiger partial charge in [-0.15, -0.1) is 0 Å². The largest absolute Gasteiger partial charge is 0.282 e. The van der Waals surface area contributed by atoms with Gasteiger partial charge in [0.15, 0.2) is 0 Å². The minimum atomic E-state index is -0.0998. The van der Waals surface area contributed by atoms with Crippen molar-refractivity contribution in [2.24, 2.45) is 5.10 Å². The number of hydrogen-bond donors (Lipinski definition) is 2. The molecule has 0 aliphatic heterocycles. The number of aryl methyl sites for hydroxylation is 2. The molecular formula is C15H18N4O. The van der Waals surface area contributed by atoms with E-state index in [4.69, 9.17) is 0 Å². The summed E-state index contributed by atoms with van der Waals surface area (Å²) in [6, 6.07) is 9.63. The van der Waals surface area contributed by atoms with Gasteiger partial charge in [-0.25, -0.2) is 5.43 Å². The summed E-state index contributed by atoms with van der Waals surface area (Å²) in [5, 5.41) is 11.0. The second kappa shape index (κ2) is 6.65. The first-order valence-corrected chi connectivity index (χ1v) is 6.54. The van der Waals surface area contributed by atoms with Crippen molar-refractivity contribution in [2.45, 2.75) is 26.7 Å². The molecule has 1 aromatic carbocycles. The van der Waals surface area contributed by atoms with Gasteiger partial charge in [-0.1, -0.05) is 30.3 Å². The molecule has 2 N–H and O–H groups in total. The predicted octanol–water partition coefficient (Wildman–Crippen LogP) is 2.11. The summed E-state index contributed by atoms with van der Waals surface area (Å²) in [6.45, 7) is 3.89. The Balaban J connectivity index is 1.80. The van der Waals surface area contributed by atoms with Gasteiger partial charge in [0.1, 0.15) is 0 Å². The van der Waals surface area contributed by atoms with Crippen LogP contribution in [-0.4, -0.2) is 22.3 Å². The van der Waals surface area contributed by atoms with E-state index >= 15 is 0 Å². The molecule has 0 aliphatic rings. The van der Waals surface area contributed by atoms with Crippen LogP contribution in [-0.2, 0) is 11.2 Å². The van der Waals surface area contributed by atoms with Crippen LogP contribution in [0.5, 0.6) is 0 Å². The number of amides is 1. The molecule has 0 atom stereocenters. The lowest BCUT2D eigenvalue weighted by Gasteiger charge is -2.01. The number of rotatable bonds is 5. The van der Waals surface area contributed by atoms with Crippen LogP contribution in [0.2, 0.25) is 0 Å². The second-order valence-corrected chi connectivity index (χ2v) is 4.62. The molecule has 5 nitrogen and oxygen atoms in total. The maximum Gasteiger partial charge on any atom is 0.240 e. The van der Waals surface area contributed by atoms with Crippen molar-refractivity contribution in [3.8, 4) is 0 Å². The molecule has 0 radical (unpaired) electrons. The summed E-state index contributed by atoms with van der Waals surface area (Å²) >= 11 is 0. The van der Waals surface area contributed by atoms with Gasteiger partial charge in [-0.3, -0.25) is 9.89 Å². The molecule has 1 heterocycles. The van der Waals surface area contributed by atoms with Crippen molar-refractivity contribution in [3.05, 3.63) is 52.8 Å². The second-order valence-electron chi connectivity index (χ2n) is 4.62. The first-order chi connectivity index (χ1) is 9.66. The number of carbonyl (C=O) groups excluding carboxylic acids is 1. The third-order valence-electron chi connectivity index (χ3n) is 3.09. The number of hydrogen-bond acceptors (Lipinski definition) is 3.